The maximum Gasteiger partial charge on any atom is 0.251 e. The fourth-order valence-corrected chi connectivity index (χ4v) is 2.35. The summed E-state index contributed by atoms with van der Waals surface area (Å²) in [5, 5.41) is 2.47. The van der Waals surface area contributed by atoms with Gasteiger partial charge in [0, 0.05) is 12.6 Å². The second-order valence-corrected chi connectivity index (χ2v) is 5.19. The van der Waals surface area contributed by atoms with Gasteiger partial charge in [-0.05, 0) is 25.2 Å². The smallest absolute Gasteiger partial charge is 0.251 e. The topological polar surface area (TPSA) is 75.3 Å². The van der Waals surface area contributed by atoms with E-state index in [1.807, 2.05) is 0 Å². The molecule has 7 heteroatoms. The van der Waals surface area contributed by atoms with Gasteiger partial charge in [0.1, 0.15) is 4.90 Å². The Morgan fingerprint density at radius 3 is 2.44 bits per heavy atom. The third kappa shape index (κ3) is 2.52. The first-order valence-electron chi connectivity index (χ1n) is 4.37. The summed E-state index contributed by atoms with van der Waals surface area (Å²) in [4.78, 5) is 11.2. The van der Waals surface area contributed by atoms with Gasteiger partial charge >= 0.3 is 0 Å². The highest BCUT2D eigenvalue weighted by molar-refractivity contribution is 7.89. The van der Waals surface area contributed by atoms with Crippen LogP contribution in [0.25, 0.3) is 0 Å². The summed E-state index contributed by atoms with van der Waals surface area (Å²) < 4.78 is 25.3. The van der Waals surface area contributed by atoms with E-state index in [1.165, 1.54) is 32.3 Å². The fraction of sp³-hybridized carbons (Fsp3) is 0.222. The molecule has 1 aromatic rings. The van der Waals surface area contributed by atoms with Crippen molar-refractivity contribution in [1.29, 1.82) is 0 Å². The number of sulfonamides is 1. The van der Waals surface area contributed by atoms with Gasteiger partial charge in [0.15, 0.2) is 0 Å². The number of nitrogens with one attached hydrogen (secondary N) is 2. The average molecular weight is 263 g/mol. The number of rotatable bonds is 3. The molecule has 0 heterocycles. The van der Waals surface area contributed by atoms with E-state index in [2.05, 4.69) is 10.0 Å². The SMILES string of the molecule is CNC(=O)c1ccc(Cl)c(S(=O)(=O)NC)c1. The van der Waals surface area contributed by atoms with E-state index in [0.717, 1.165) is 0 Å². The molecule has 0 aromatic heterocycles. The van der Waals surface area contributed by atoms with Crippen LogP contribution in [0, 0.1) is 0 Å². The second-order valence-electron chi connectivity index (χ2n) is 2.93. The molecule has 0 unspecified atom stereocenters. The maximum absolute atomic E-state index is 11.6. The third-order valence-electron chi connectivity index (χ3n) is 1.98. The Bertz CT molecular complexity index is 513. The van der Waals surface area contributed by atoms with Crippen molar-refractivity contribution in [3.05, 3.63) is 28.8 Å². The number of benzene rings is 1. The number of amides is 1. The van der Waals surface area contributed by atoms with Gasteiger partial charge in [0.2, 0.25) is 10.0 Å². The van der Waals surface area contributed by atoms with Crippen molar-refractivity contribution in [2.75, 3.05) is 14.1 Å². The standard InChI is InChI=1S/C9H11ClN2O3S/c1-11-9(13)6-3-4-7(10)8(5-6)16(14,15)12-2/h3-5,12H,1-2H3,(H,11,13). The molecule has 1 rings (SSSR count). The van der Waals surface area contributed by atoms with Crippen molar-refractivity contribution in [2.45, 2.75) is 4.90 Å². The van der Waals surface area contributed by atoms with E-state index in [9.17, 15) is 13.2 Å². The van der Waals surface area contributed by atoms with Gasteiger partial charge in [-0.2, -0.15) is 0 Å². The first-order chi connectivity index (χ1) is 7.42. The summed E-state index contributed by atoms with van der Waals surface area (Å²) in [6, 6.07) is 4.05. The molecule has 5 nitrogen and oxygen atoms in total. The van der Waals surface area contributed by atoms with Crippen molar-refractivity contribution in [1.82, 2.24) is 10.0 Å². The van der Waals surface area contributed by atoms with E-state index < -0.39 is 10.0 Å². The van der Waals surface area contributed by atoms with Crippen LogP contribution in [-0.4, -0.2) is 28.4 Å². The summed E-state index contributed by atoms with van der Waals surface area (Å²) in [6.45, 7) is 0. The molecule has 1 aromatic carbocycles. The molecule has 88 valence electrons. The largest absolute Gasteiger partial charge is 0.355 e. The molecule has 2 N–H and O–H groups in total. The van der Waals surface area contributed by atoms with Crippen LogP contribution in [-0.2, 0) is 10.0 Å². The van der Waals surface area contributed by atoms with Crippen LogP contribution in [0.3, 0.4) is 0 Å². The molecular formula is C9H11ClN2O3S. The van der Waals surface area contributed by atoms with E-state index >= 15 is 0 Å². The number of carbonyl (C=O) groups is 1. The highest BCUT2D eigenvalue weighted by Gasteiger charge is 2.17. The van der Waals surface area contributed by atoms with Crippen LogP contribution in [0.5, 0.6) is 0 Å². The minimum atomic E-state index is -3.66. The summed E-state index contributed by atoms with van der Waals surface area (Å²) in [5.41, 5.74) is 0.237. The number of halogens is 1. The highest BCUT2D eigenvalue weighted by atomic mass is 35.5. The summed E-state index contributed by atoms with van der Waals surface area (Å²) in [5.74, 6) is -0.371. The van der Waals surface area contributed by atoms with Crippen LogP contribution in [0.15, 0.2) is 23.1 Å². The van der Waals surface area contributed by atoms with Crippen molar-refractivity contribution >= 4 is 27.5 Å². The molecule has 0 fully saturated rings. The summed E-state index contributed by atoms with van der Waals surface area (Å²) in [7, 11) is -0.918. The van der Waals surface area contributed by atoms with E-state index in [-0.39, 0.29) is 21.4 Å². The van der Waals surface area contributed by atoms with E-state index in [0.29, 0.717) is 0 Å². The minimum absolute atomic E-state index is 0.0713. The van der Waals surface area contributed by atoms with Crippen molar-refractivity contribution < 1.29 is 13.2 Å². The van der Waals surface area contributed by atoms with Gasteiger partial charge < -0.3 is 5.32 Å². The Hall–Kier alpha value is -1.11. The molecule has 0 aliphatic heterocycles. The van der Waals surface area contributed by atoms with Crippen LogP contribution in [0.4, 0.5) is 0 Å². The van der Waals surface area contributed by atoms with Crippen LogP contribution in [0.1, 0.15) is 10.4 Å². The summed E-state index contributed by atoms with van der Waals surface area (Å²) >= 11 is 5.76. The van der Waals surface area contributed by atoms with Crippen molar-refractivity contribution in [3.63, 3.8) is 0 Å². The molecule has 0 atom stereocenters. The van der Waals surface area contributed by atoms with Crippen LogP contribution in [0.2, 0.25) is 5.02 Å². The van der Waals surface area contributed by atoms with Gasteiger partial charge in [-0.25, -0.2) is 13.1 Å². The van der Waals surface area contributed by atoms with E-state index in [4.69, 9.17) is 11.6 Å². The van der Waals surface area contributed by atoms with Crippen molar-refractivity contribution in [3.8, 4) is 0 Å². The molecular weight excluding hydrogens is 252 g/mol. The molecule has 16 heavy (non-hydrogen) atoms. The Morgan fingerprint density at radius 1 is 1.31 bits per heavy atom. The van der Waals surface area contributed by atoms with Crippen LogP contribution < -0.4 is 10.0 Å². The average Bonchev–Trinajstić information content (AvgIpc) is 2.28. The molecule has 0 aliphatic carbocycles. The second kappa shape index (κ2) is 4.82. The van der Waals surface area contributed by atoms with Gasteiger partial charge in [-0.15, -0.1) is 0 Å². The molecule has 1 amide bonds. The predicted molar refractivity (Wildman–Crippen MR) is 61.1 cm³/mol. The van der Waals surface area contributed by atoms with Gasteiger partial charge in [0.25, 0.3) is 5.91 Å². The summed E-state index contributed by atoms with van der Waals surface area (Å²) in [6.07, 6.45) is 0. The Morgan fingerprint density at radius 2 is 1.94 bits per heavy atom. The first kappa shape index (κ1) is 13.0. The Balaban J connectivity index is 3.36. The Labute approximate surface area is 98.9 Å². The lowest BCUT2D eigenvalue weighted by Gasteiger charge is -2.07. The molecule has 0 aliphatic rings. The van der Waals surface area contributed by atoms with Gasteiger partial charge in [0.05, 0.1) is 5.02 Å². The van der Waals surface area contributed by atoms with E-state index in [1.54, 1.807) is 0 Å². The lowest BCUT2D eigenvalue weighted by Crippen LogP contribution is -2.21. The predicted octanol–water partition coefficient (Wildman–Crippen LogP) is 0.608. The normalized spacial score (nSPS) is 11.2. The lowest BCUT2D eigenvalue weighted by molar-refractivity contribution is 0.0963. The quantitative estimate of drug-likeness (QED) is 0.838. The number of hydrogen-bond donors (Lipinski definition) is 2. The maximum atomic E-state index is 11.6. The molecule has 0 bridgehead atoms. The molecule has 0 saturated carbocycles. The minimum Gasteiger partial charge on any atom is -0.355 e. The lowest BCUT2D eigenvalue weighted by atomic mass is 10.2. The zero-order chi connectivity index (χ0) is 12.3. The number of hydrogen-bond acceptors (Lipinski definition) is 3. The van der Waals surface area contributed by atoms with Gasteiger partial charge in [-0.3, -0.25) is 4.79 Å². The Kier molecular flexibility index (Phi) is 3.90. The zero-order valence-corrected chi connectivity index (χ0v) is 10.3. The van der Waals surface area contributed by atoms with Crippen LogP contribution >= 0.6 is 11.6 Å². The zero-order valence-electron chi connectivity index (χ0n) is 8.74. The monoisotopic (exact) mass is 262 g/mol. The third-order valence-corrected chi connectivity index (χ3v) is 3.87. The molecule has 0 spiro atoms. The van der Waals surface area contributed by atoms with Crippen molar-refractivity contribution in [2.24, 2.45) is 0 Å². The molecule has 0 saturated heterocycles. The molecule has 0 radical (unpaired) electrons. The highest BCUT2D eigenvalue weighted by Crippen LogP contribution is 2.22. The fourth-order valence-electron chi connectivity index (χ4n) is 1.10. The number of carbonyl (C=O) groups excluding carboxylic acids is 1. The first-order valence-corrected chi connectivity index (χ1v) is 6.23. The van der Waals surface area contributed by atoms with Gasteiger partial charge in [-0.1, -0.05) is 11.6 Å².